The maximum atomic E-state index is 12.4. The van der Waals surface area contributed by atoms with Crippen LogP contribution in [0.5, 0.6) is 11.5 Å². The van der Waals surface area contributed by atoms with Crippen molar-refractivity contribution < 1.29 is 22.7 Å². The van der Waals surface area contributed by atoms with Crippen LogP contribution in [0, 0.1) is 6.92 Å². The van der Waals surface area contributed by atoms with E-state index in [-0.39, 0.29) is 13.1 Å². The summed E-state index contributed by atoms with van der Waals surface area (Å²) in [6.45, 7) is 6.62. The fraction of sp³-hybridized carbons (Fsp3) is 0.381. The second-order valence-corrected chi connectivity index (χ2v) is 8.44. The molecule has 158 valence electrons. The van der Waals surface area contributed by atoms with Crippen molar-refractivity contribution >= 4 is 21.6 Å². The minimum Gasteiger partial charge on any atom is -0.490 e. The Morgan fingerprint density at radius 1 is 1.03 bits per heavy atom. The molecule has 0 saturated carbocycles. The van der Waals surface area contributed by atoms with Crippen molar-refractivity contribution in [1.29, 1.82) is 0 Å². The van der Waals surface area contributed by atoms with Gasteiger partial charge in [-0.05, 0) is 56.2 Å². The quantitative estimate of drug-likeness (QED) is 0.639. The van der Waals surface area contributed by atoms with Crippen molar-refractivity contribution in [3.05, 3.63) is 53.6 Å². The molecule has 0 fully saturated rings. The van der Waals surface area contributed by atoms with Crippen LogP contribution in [0.4, 0.5) is 5.69 Å². The highest BCUT2D eigenvalue weighted by atomic mass is 32.2. The number of hydrogen-bond acceptors (Lipinski definition) is 5. The zero-order chi connectivity index (χ0) is 21.4. The number of ether oxygens (including phenoxy) is 2. The van der Waals surface area contributed by atoms with Crippen LogP contribution in [0.1, 0.15) is 25.0 Å². The maximum Gasteiger partial charge on any atom is 0.241 e. The van der Waals surface area contributed by atoms with Crippen molar-refractivity contribution in [3.63, 3.8) is 0 Å². The molecule has 0 unspecified atom stereocenters. The largest absolute Gasteiger partial charge is 0.490 e. The third-order valence-electron chi connectivity index (χ3n) is 4.07. The average molecular weight is 421 g/mol. The zero-order valence-corrected chi connectivity index (χ0v) is 18.1. The number of carbonyl (C=O) groups excluding carboxylic acids is 1. The van der Waals surface area contributed by atoms with E-state index < -0.39 is 15.9 Å². The molecule has 1 N–H and O–H groups in total. The lowest BCUT2D eigenvalue weighted by Gasteiger charge is -2.22. The SMILES string of the molecule is CCOc1ccc(CNC(=O)CN(c2cccc(C)c2)S(C)(=O)=O)cc1OCC. The van der Waals surface area contributed by atoms with E-state index >= 15 is 0 Å². The first kappa shape index (κ1) is 22.5. The normalized spacial score (nSPS) is 11.0. The minimum absolute atomic E-state index is 0.247. The van der Waals surface area contributed by atoms with E-state index in [1.165, 1.54) is 0 Å². The van der Waals surface area contributed by atoms with Crippen molar-refractivity contribution in [2.24, 2.45) is 0 Å². The molecule has 0 spiro atoms. The van der Waals surface area contributed by atoms with Crippen LogP contribution in [-0.4, -0.2) is 40.3 Å². The fourth-order valence-corrected chi connectivity index (χ4v) is 3.62. The summed E-state index contributed by atoms with van der Waals surface area (Å²) in [5.74, 6) is 0.856. The predicted octanol–water partition coefficient (Wildman–Crippen LogP) is 2.87. The van der Waals surface area contributed by atoms with Gasteiger partial charge in [-0.1, -0.05) is 18.2 Å². The Bertz CT molecular complexity index is 944. The molecule has 0 atom stereocenters. The Labute approximate surface area is 172 Å². The number of nitrogens with zero attached hydrogens (tertiary/aromatic N) is 1. The molecule has 0 aromatic heterocycles. The molecular weight excluding hydrogens is 392 g/mol. The molecule has 0 heterocycles. The molecule has 29 heavy (non-hydrogen) atoms. The number of hydrogen-bond donors (Lipinski definition) is 1. The summed E-state index contributed by atoms with van der Waals surface area (Å²) < 4.78 is 36.6. The molecule has 0 aliphatic rings. The van der Waals surface area contributed by atoms with E-state index in [0.717, 1.165) is 21.7 Å². The van der Waals surface area contributed by atoms with Gasteiger partial charge in [0.05, 0.1) is 25.2 Å². The van der Waals surface area contributed by atoms with Crippen LogP contribution >= 0.6 is 0 Å². The highest BCUT2D eigenvalue weighted by molar-refractivity contribution is 7.92. The van der Waals surface area contributed by atoms with Crippen LogP contribution < -0.4 is 19.1 Å². The van der Waals surface area contributed by atoms with Crippen LogP contribution in [0.25, 0.3) is 0 Å². The summed E-state index contributed by atoms with van der Waals surface area (Å²) >= 11 is 0. The molecule has 0 bridgehead atoms. The van der Waals surface area contributed by atoms with E-state index in [2.05, 4.69) is 5.32 Å². The monoisotopic (exact) mass is 420 g/mol. The number of carbonyl (C=O) groups is 1. The summed E-state index contributed by atoms with van der Waals surface area (Å²) in [4.78, 5) is 12.4. The smallest absolute Gasteiger partial charge is 0.241 e. The average Bonchev–Trinajstić information content (AvgIpc) is 2.65. The molecule has 8 heteroatoms. The Hall–Kier alpha value is -2.74. The predicted molar refractivity (Wildman–Crippen MR) is 114 cm³/mol. The Morgan fingerprint density at radius 2 is 1.72 bits per heavy atom. The lowest BCUT2D eigenvalue weighted by Crippen LogP contribution is -2.40. The van der Waals surface area contributed by atoms with Crippen LogP contribution in [0.15, 0.2) is 42.5 Å². The van der Waals surface area contributed by atoms with Gasteiger partial charge in [0.15, 0.2) is 11.5 Å². The van der Waals surface area contributed by atoms with Gasteiger partial charge in [-0.2, -0.15) is 0 Å². The summed E-state index contributed by atoms with van der Waals surface area (Å²) in [7, 11) is -3.60. The molecule has 1 amide bonds. The number of amides is 1. The van der Waals surface area contributed by atoms with Gasteiger partial charge in [-0.15, -0.1) is 0 Å². The van der Waals surface area contributed by atoms with E-state index in [0.29, 0.717) is 30.4 Å². The standard InChI is InChI=1S/C21H28N2O5S/c1-5-27-19-11-10-17(13-20(19)28-6-2)14-22-21(24)15-23(29(4,25)26)18-9-7-8-16(3)12-18/h7-13H,5-6,14-15H2,1-4H3,(H,22,24). The molecule has 0 aliphatic heterocycles. The van der Waals surface area contributed by atoms with Crippen LogP contribution in [0.3, 0.4) is 0 Å². The first-order valence-electron chi connectivity index (χ1n) is 9.44. The van der Waals surface area contributed by atoms with Gasteiger partial charge in [0.25, 0.3) is 0 Å². The molecule has 2 aromatic rings. The number of anilines is 1. The van der Waals surface area contributed by atoms with Crippen molar-refractivity contribution in [1.82, 2.24) is 5.32 Å². The van der Waals surface area contributed by atoms with E-state index in [1.807, 2.05) is 39.0 Å². The third-order valence-corrected chi connectivity index (χ3v) is 5.22. The highest BCUT2D eigenvalue weighted by Gasteiger charge is 2.21. The highest BCUT2D eigenvalue weighted by Crippen LogP contribution is 2.28. The third kappa shape index (κ3) is 6.67. The van der Waals surface area contributed by atoms with E-state index in [9.17, 15) is 13.2 Å². The van der Waals surface area contributed by atoms with E-state index in [1.54, 1.807) is 24.3 Å². The Morgan fingerprint density at radius 3 is 2.34 bits per heavy atom. The Balaban J connectivity index is 2.08. The van der Waals surface area contributed by atoms with E-state index in [4.69, 9.17) is 9.47 Å². The summed E-state index contributed by atoms with van der Waals surface area (Å²) in [5, 5.41) is 2.77. The van der Waals surface area contributed by atoms with Crippen molar-refractivity contribution in [3.8, 4) is 11.5 Å². The van der Waals surface area contributed by atoms with Gasteiger partial charge in [0.1, 0.15) is 6.54 Å². The summed E-state index contributed by atoms with van der Waals surface area (Å²) in [6, 6.07) is 12.5. The molecule has 7 nitrogen and oxygen atoms in total. The number of aryl methyl sites for hydroxylation is 1. The number of nitrogens with one attached hydrogen (secondary N) is 1. The topological polar surface area (TPSA) is 84.9 Å². The van der Waals surface area contributed by atoms with Gasteiger partial charge < -0.3 is 14.8 Å². The van der Waals surface area contributed by atoms with Gasteiger partial charge in [-0.3, -0.25) is 9.10 Å². The molecule has 2 rings (SSSR count). The lowest BCUT2D eigenvalue weighted by atomic mass is 10.2. The molecule has 0 aliphatic carbocycles. The lowest BCUT2D eigenvalue weighted by molar-refractivity contribution is -0.119. The number of rotatable bonds is 10. The molecule has 0 radical (unpaired) electrons. The van der Waals surface area contributed by atoms with Crippen molar-refractivity contribution in [2.45, 2.75) is 27.3 Å². The first-order chi connectivity index (χ1) is 13.7. The number of sulfonamides is 1. The second-order valence-electron chi connectivity index (χ2n) is 6.53. The van der Waals surface area contributed by atoms with Crippen LogP contribution in [-0.2, 0) is 21.4 Å². The molecular formula is C21H28N2O5S. The van der Waals surface area contributed by atoms with Gasteiger partial charge in [-0.25, -0.2) is 8.42 Å². The fourth-order valence-electron chi connectivity index (χ4n) is 2.78. The van der Waals surface area contributed by atoms with Crippen LogP contribution in [0.2, 0.25) is 0 Å². The van der Waals surface area contributed by atoms with Gasteiger partial charge in [0, 0.05) is 6.54 Å². The second kappa shape index (κ2) is 10.2. The summed E-state index contributed by atoms with van der Waals surface area (Å²) in [6.07, 6.45) is 1.09. The molecule has 2 aromatic carbocycles. The zero-order valence-electron chi connectivity index (χ0n) is 17.3. The number of benzene rings is 2. The summed E-state index contributed by atoms with van der Waals surface area (Å²) in [5.41, 5.74) is 2.20. The first-order valence-corrected chi connectivity index (χ1v) is 11.3. The molecule has 0 saturated heterocycles. The van der Waals surface area contributed by atoms with Gasteiger partial charge >= 0.3 is 0 Å². The minimum atomic E-state index is -3.60. The van der Waals surface area contributed by atoms with Crippen molar-refractivity contribution in [2.75, 3.05) is 30.3 Å². The Kier molecular flexibility index (Phi) is 7.90. The maximum absolute atomic E-state index is 12.4. The van der Waals surface area contributed by atoms with Gasteiger partial charge in [0.2, 0.25) is 15.9 Å².